The average molecular weight is 416 g/mol. The van der Waals surface area contributed by atoms with Gasteiger partial charge in [-0.05, 0) is 53.7 Å². The Kier molecular flexibility index (Phi) is 6.50. The van der Waals surface area contributed by atoms with Gasteiger partial charge in [-0.1, -0.05) is 12.1 Å². The molecule has 2 aromatic rings. The van der Waals surface area contributed by atoms with E-state index in [0.717, 1.165) is 11.8 Å². The highest BCUT2D eigenvalue weighted by molar-refractivity contribution is 8.18. The number of hydrogen-bond acceptors (Lipinski definition) is 6. The first kappa shape index (κ1) is 20.4. The number of amidine groups is 1. The Morgan fingerprint density at radius 3 is 2.83 bits per heavy atom. The van der Waals surface area contributed by atoms with Gasteiger partial charge in [0.05, 0.1) is 30.7 Å². The summed E-state index contributed by atoms with van der Waals surface area (Å²) in [7, 11) is 1.47. The molecule has 9 heteroatoms. The molecule has 1 saturated heterocycles. The van der Waals surface area contributed by atoms with Gasteiger partial charge in [0.25, 0.3) is 5.91 Å². The van der Waals surface area contributed by atoms with E-state index in [2.05, 4.69) is 10.3 Å². The Bertz CT molecular complexity index is 1010. The summed E-state index contributed by atoms with van der Waals surface area (Å²) in [6.45, 7) is 0.0181. The lowest BCUT2D eigenvalue weighted by atomic mass is 10.2. The number of amides is 1. The maximum Gasteiger partial charge on any atom is 0.306 e. The molecule has 1 amide bonds. The van der Waals surface area contributed by atoms with Crippen LogP contribution in [0, 0.1) is 5.82 Å². The van der Waals surface area contributed by atoms with Gasteiger partial charge in [-0.15, -0.1) is 0 Å². The highest BCUT2D eigenvalue weighted by atomic mass is 32.2. The van der Waals surface area contributed by atoms with Crippen LogP contribution in [0.1, 0.15) is 12.0 Å². The molecule has 150 valence electrons. The minimum absolute atomic E-state index is 0.0181. The quantitative estimate of drug-likeness (QED) is 0.670. The number of carboxylic acids is 1. The van der Waals surface area contributed by atoms with E-state index in [4.69, 9.17) is 14.6 Å². The number of ether oxygens (including phenoxy) is 2. The van der Waals surface area contributed by atoms with Crippen LogP contribution in [-0.2, 0) is 9.59 Å². The van der Waals surface area contributed by atoms with Gasteiger partial charge in [0.2, 0.25) is 0 Å². The van der Waals surface area contributed by atoms with E-state index in [-0.39, 0.29) is 18.9 Å². The lowest BCUT2D eigenvalue weighted by Gasteiger charge is -2.10. The summed E-state index contributed by atoms with van der Waals surface area (Å²) in [4.78, 5) is 27.4. The molecule has 1 aliphatic rings. The highest BCUT2D eigenvalue weighted by Crippen LogP contribution is 2.32. The smallest absolute Gasteiger partial charge is 0.306 e. The minimum atomic E-state index is -0.953. The molecule has 1 aliphatic heterocycles. The molecule has 0 aromatic heterocycles. The standard InChI is InChI=1S/C20H17FN2O5S/c1-27-16-9-12(5-6-15(16)28-8-7-18(24)25)10-17-19(26)23-20(29-17)22-14-4-2-3-13(21)11-14/h2-6,9-11H,7-8H2,1H3,(H,24,25)(H,22,23,26)/b17-10+. The SMILES string of the molecule is COc1cc(/C=C2/SC(=Nc3cccc(F)c3)NC2=O)ccc1OCCC(=O)O. The number of hydrogen-bond donors (Lipinski definition) is 2. The lowest BCUT2D eigenvalue weighted by Crippen LogP contribution is -2.19. The third-order valence-corrected chi connectivity index (χ3v) is 4.66. The normalized spacial score (nSPS) is 16.1. The number of nitrogens with one attached hydrogen (secondary N) is 1. The number of rotatable bonds is 7. The van der Waals surface area contributed by atoms with Gasteiger partial charge in [0.1, 0.15) is 5.82 Å². The fourth-order valence-corrected chi connectivity index (χ4v) is 3.28. The number of nitrogens with zero attached hydrogens (tertiary/aromatic N) is 1. The van der Waals surface area contributed by atoms with Crippen LogP contribution in [0.4, 0.5) is 10.1 Å². The Morgan fingerprint density at radius 1 is 1.28 bits per heavy atom. The summed E-state index contributed by atoms with van der Waals surface area (Å²) in [5, 5.41) is 11.7. The second kappa shape index (κ2) is 9.24. The zero-order valence-corrected chi connectivity index (χ0v) is 16.2. The van der Waals surface area contributed by atoms with Crippen molar-refractivity contribution in [1.29, 1.82) is 0 Å². The number of carbonyl (C=O) groups is 2. The molecule has 2 N–H and O–H groups in total. The molecule has 29 heavy (non-hydrogen) atoms. The van der Waals surface area contributed by atoms with Crippen LogP contribution >= 0.6 is 11.8 Å². The Labute approximate surface area is 170 Å². The molecule has 0 atom stereocenters. The fraction of sp³-hybridized carbons (Fsp3) is 0.150. The second-order valence-electron chi connectivity index (χ2n) is 5.86. The third-order valence-electron chi connectivity index (χ3n) is 3.75. The van der Waals surface area contributed by atoms with Gasteiger partial charge < -0.3 is 19.9 Å². The highest BCUT2D eigenvalue weighted by Gasteiger charge is 2.24. The number of carboxylic acid groups (broad SMARTS) is 1. The molecule has 1 fully saturated rings. The molecule has 0 aliphatic carbocycles. The first-order chi connectivity index (χ1) is 13.9. The Hall–Kier alpha value is -3.33. The van der Waals surface area contributed by atoms with Crippen LogP contribution in [0.15, 0.2) is 52.4 Å². The average Bonchev–Trinajstić information content (AvgIpc) is 3.01. The molecule has 1 heterocycles. The van der Waals surface area contributed by atoms with Crippen molar-refractivity contribution in [2.24, 2.45) is 4.99 Å². The van der Waals surface area contributed by atoms with Gasteiger partial charge in [0, 0.05) is 0 Å². The topological polar surface area (TPSA) is 97.2 Å². The van der Waals surface area contributed by atoms with Gasteiger partial charge in [-0.25, -0.2) is 9.38 Å². The minimum Gasteiger partial charge on any atom is -0.493 e. The van der Waals surface area contributed by atoms with Crippen molar-refractivity contribution < 1.29 is 28.6 Å². The summed E-state index contributed by atoms with van der Waals surface area (Å²) in [5.41, 5.74) is 1.09. The fourth-order valence-electron chi connectivity index (χ4n) is 2.44. The summed E-state index contributed by atoms with van der Waals surface area (Å²) < 4.78 is 24.0. The van der Waals surface area contributed by atoms with Crippen LogP contribution in [0.5, 0.6) is 11.5 Å². The molecule has 7 nitrogen and oxygen atoms in total. The van der Waals surface area contributed by atoms with Crippen molar-refractivity contribution in [3.8, 4) is 11.5 Å². The molecule has 0 bridgehead atoms. The predicted molar refractivity (Wildman–Crippen MR) is 108 cm³/mol. The zero-order valence-electron chi connectivity index (χ0n) is 15.3. The Balaban J connectivity index is 1.75. The van der Waals surface area contributed by atoms with E-state index >= 15 is 0 Å². The Morgan fingerprint density at radius 2 is 2.10 bits per heavy atom. The number of methoxy groups -OCH3 is 1. The van der Waals surface area contributed by atoms with Crippen LogP contribution in [0.25, 0.3) is 6.08 Å². The van der Waals surface area contributed by atoms with Crippen LogP contribution in [0.3, 0.4) is 0 Å². The van der Waals surface area contributed by atoms with Gasteiger partial charge >= 0.3 is 5.97 Å². The zero-order chi connectivity index (χ0) is 20.8. The summed E-state index contributed by atoms with van der Waals surface area (Å²) in [5.74, 6) is -0.847. The van der Waals surface area contributed by atoms with Crippen molar-refractivity contribution >= 4 is 40.6 Å². The van der Waals surface area contributed by atoms with Crippen molar-refractivity contribution in [1.82, 2.24) is 5.32 Å². The number of halogens is 1. The van der Waals surface area contributed by atoms with Crippen LogP contribution in [-0.4, -0.2) is 35.9 Å². The van der Waals surface area contributed by atoms with Crippen molar-refractivity contribution in [3.05, 3.63) is 58.8 Å². The molecular weight excluding hydrogens is 399 g/mol. The van der Waals surface area contributed by atoms with E-state index in [1.807, 2.05) is 0 Å². The van der Waals surface area contributed by atoms with Crippen molar-refractivity contribution in [2.75, 3.05) is 13.7 Å². The van der Waals surface area contributed by atoms with Gasteiger partial charge in [0.15, 0.2) is 16.7 Å². The van der Waals surface area contributed by atoms with Crippen LogP contribution < -0.4 is 14.8 Å². The van der Waals surface area contributed by atoms with Crippen molar-refractivity contribution in [2.45, 2.75) is 6.42 Å². The van der Waals surface area contributed by atoms with Crippen molar-refractivity contribution in [3.63, 3.8) is 0 Å². The van der Waals surface area contributed by atoms with Gasteiger partial charge in [-0.2, -0.15) is 0 Å². The molecule has 0 saturated carbocycles. The largest absolute Gasteiger partial charge is 0.493 e. The van der Waals surface area contributed by atoms with E-state index in [1.165, 1.54) is 19.2 Å². The summed E-state index contributed by atoms with van der Waals surface area (Å²) in [6, 6.07) is 10.8. The molecule has 0 spiro atoms. The van der Waals surface area contributed by atoms with E-state index in [1.54, 1.807) is 36.4 Å². The first-order valence-corrected chi connectivity index (χ1v) is 9.34. The summed E-state index contributed by atoms with van der Waals surface area (Å²) in [6.07, 6.45) is 1.54. The maximum atomic E-state index is 13.3. The maximum absolute atomic E-state index is 13.3. The first-order valence-electron chi connectivity index (χ1n) is 8.52. The number of aliphatic imine (C=N–C) groups is 1. The molecule has 0 radical (unpaired) electrons. The molecule has 2 aromatic carbocycles. The van der Waals surface area contributed by atoms with E-state index < -0.39 is 11.8 Å². The molecule has 0 unspecified atom stereocenters. The van der Waals surface area contributed by atoms with E-state index in [9.17, 15) is 14.0 Å². The lowest BCUT2D eigenvalue weighted by molar-refractivity contribution is -0.137. The molecular formula is C20H17FN2O5S. The van der Waals surface area contributed by atoms with E-state index in [0.29, 0.717) is 32.8 Å². The second-order valence-corrected chi connectivity index (χ2v) is 6.89. The number of benzene rings is 2. The predicted octanol–water partition coefficient (Wildman–Crippen LogP) is 3.58. The van der Waals surface area contributed by atoms with Gasteiger partial charge in [-0.3, -0.25) is 9.59 Å². The summed E-state index contributed by atoms with van der Waals surface area (Å²) >= 11 is 1.14. The number of aliphatic carboxylic acids is 1. The third kappa shape index (κ3) is 5.58. The number of carbonyl (C=O) groups excluding carboxylic acids is 1. The molecule has 3 rings (SSSR count). The number of thioether (sulfide) groups is 1. The monoisotopic (exact) mass is 416 g/mol. The van der Waals surface area contributed by atoms with Crippen LogP contribution in [0.2, 0.25) is 0 Å².